The van der Waals surface area contributed by atoms with Crippen LogP contribution in [0.5, 0.6) is 0 Å². The third kappa shape index (κ3) is 2.88. The fraction of sp³-hybridized carbons (Fsp3) is 0.471. The van der Waals surface area contributed by atoms with Gasteiger partial charge in [0.05, 0.1) is 17.8 Å². The molecule has 3 aromatic heterocycles. The molecule has 8 heteroatoms. The number of amides is 1. The Balaban J connectivity index is 1.57. The lowest BCUT2D eigenvalue weighted by molar-refractivity contribution is 0.0672. The maximum absolute atomic E-state index is 12.9. The minimum absolute atomic E-state index is 0.0107. The summed E-state index contributed by atoms with van der Waals surface area (Å²) in [6.07, 6.45) is 8.64. The Labute approximate surface area is 145 Å². The van der Waals surface area contributed by atoms with Gasteiger partial charge in [-0.25, -0.2) is 19.3 Å². The molecule has 1 aliphatic heterocycles. The standard InChI is InChI=1S/C17H21N7O/c1-12(2)24-16-13(8-20-24)6-14(7-19-16)17(25)22-5-3-4-15(9-22)23-11-18-10-21-23/h6-8,10-12,15H,3-5,9H2,1-2H3. The number of rotatable bonds is 3. The van der Waals surface area contributed by atoms with Crippen LogP contribution in [0.3, 0.4) is 0 Å². The van der Waals surface area contributed by atoms with Crippen molar-refractivity contribution in [1.29, 1.82) is 0 Å². The molecule has 1 atom stereocenters. The van der Waals surface area contributed by atoms with Crippen LogP contribution in [0.1, 0.15) is 49.1 Å². The lowest BCUT2D eigenvalue weighted by atomic mass is 10.0. The van der Waals surface area contributed by atoms with E-state index in [2.05, 4.69) is 34.0 Å². The maximum atomic E-state index is 12.9. The van der Waals surface area contributed by atoms with Crippen LogP contribution >= 0.6 is 0 Å². The molecule has 0 spiro atoms. The van der Waals surface area contributed by atoms with Crippen LogP contribution in [0.25, 0.3) is 11.0 Å². The molecule has 8 nitrogen and oxygen atoms in total. The molecule has 4 rings (SSSR count). The van der Waals surface area contributed by atoms with Crippen LogP contribution in [0.2, 0.25) is 0 Å². The lowest BCUT2D eigenvalue weighted by Gasteiger charge is -2.32. The molecule has 0 bridgehead atoms. The van der Waals surface area contributed by atoms with Gasteiger partial charge in [-0.1, -0.05) is 0 Å². The predicted molar refractivity (Wildman–Crippen MR) is 92.1 cm³/mol. The second-order valence-electron chi connectivity index (χ2n) is 6.74. The molecule has 0 N–H and O–H groups in total. The van der Waals surface area contributed by atoms with Crippen molar-refractivity contribution in [3.05, 3.63) is 36.7 Å². The van der Waals surface area contributed by atoms with Gasteiger partial charge in [0.2, 0.25) is 0 Å². The third-order valence-electron chi connectivity index (χ3n) is 4.66. The summed E-state index contributed by atoms with van der Waals surface area (Å²) in [5.74, 6) is 0.0107. The number of carbonyl (C=O) groups is 1. The van der Waals surface area contributed by atoms with E-state index in [9.17, 15) is 4.79 Å². The van der Waals surface area contributed by atoms with Gasteiger partial charge in [0.25, 0.3) is 5.91 Å². The van der Waals surface area contributed by atoms with E-state index in [1.54, 1.807) is 18.7 Å². The normalized spacial score (nSPS) is 18.2. The molecular weight excluding hydrogens is 318 g/mol. The van der Waals surface area contributed by atoms with Crippen LogP contribution in [0.15, 0.2) is 31.1 Å². The third-order valence-corrected chi connectivity index (χ3v) is 4.66. The summed E-state index contributed by atoms with van der Waals surface area (Å²) < 4.78 is 3.71. The second-order valence-corrected chi connectivity index (χ2v) is 6.74. The summed E-state index contributed by atoms with van der Waals surface area (Å²) in [6, 6.07) is 2.30. The van der Waals surface area contributed by atoms with Crippen molar-refractivity contribution in [3.63, 3.8) is 0 Å². The summed E-state index contributed by atoms with van der Waals surface area (Å²) in [4.78, 5) is 23.3. The van der Waals surface area contributed by atoms with Crippen LogP contribution in [0.4, 0.5) is 0 Å². The Bertz CT molecular complexity index is 884. The number of pyridine rings is 1. The summed E-state index contributed by atoms with van der Waals surface area (Å²) >= 11 is 0. The zero-order valence-corrected chi connectivity index (χ0v) is 14.4. The molecule has 25 heavy (non-hydrogen) atoms. The van der Waals surface area contributed by atoms with Crippen LogP contribution in [-0.2, 0) is 0 Å². The van der Waals surface area contributed by atoms with Crippen LogP contribution < -0.4 is 0 Å². The first-order chi connectivity index (χ1) is 12.1. The molecule has 1 amide bonds. The Morgan fingerprint density at radius 1 is 1.28 bits per heavy atom. The van der Waals surface area contributed by atoms with Gasteiger partial charge in [-0.15, -0.1) is 0 Å². The fourth-order valence-corrected chi connectivity index (χ4v) is 3.38. The number of hydrogen-bond acceptors (Lipinski definition) is 5. The topological polar surface area (TPSA) is 81.7 Å². The SMILES string of the molecule is CC(C)n1ncc2cc(C(=O)N3CCCC(n4cncn4)C3)cnc21. The highest BCUT2D eigenvalue weighted by atomic mass is 16.2. The number of hydrogen-bond donors (Lipinski definition) is 0. The van der Waals surface area contributed by atoms with Crippen LogP contribution in [0, 0.1) is 0 Å². The molecule has 3 aromatic rings. The molecule has 1 aliphatic rings. The highest BCUT2D eigenvalue weighted by Gasteiger charge is 2.26. The molecule has 0 aromatic carbocycles. The van der Waals surface area contributed by atoms with Gasteiger partial charge >= 0.3 is 0 Å². The van der Waals surface area contributed by atoms with E-state index in [1.165, 1.54) is 6.33 Å². The molecule has 1 fully saturated rings. The zero-order chi connectivity index (χ0) is 17.4. The summed E-state index contributed by atoms with van der Waals surface area (Å²) in [6.45, 7) is 5.52. The average Bonchev–Trinajstić information content (AvgIpc) is 3.30. The summed E-state index contributed by atoms with van der Waals surface area (Å²) in [7, 11) is 0. The van der Waals surface area contributed by atoms with Crippen molar-refractivity contribution in [1.82, 2.24) is 34.4 Å². The smallest absolute Gasteiger partial charge is 0.255 e. The molecule has 1 unspecified atom stereocenters. The van der Waals surface area contributed by atoms with Gasteiger partial charge in [0, 0.05) is 30.7 Å². The zero-order valence-electron chi connectivity index (χ0n) is 14.4. The second kappa shape index (κ2) is 6.27. The number of nitrogens with zero attached hydrogens (tertiary/aromatic N) is 7. The molecule has 0 aliphatic carbocycles. The van der Waals surface area contributed by atoms with Crippen LogP contribution in [-0.4, -0.2) is 53.4 Å². The molecule has 1 saturated heterocycles. The molecule has 0 saturated carbocycles. The largest absolute Gasteiger partial charge is 0.336 e. The molecule has 4 heterocycles. The van der Waals surface area contributed by atoms with Gasteiger partial charge in [-0.05, 0) is 32.8 Å². The van der Waals surface area contributed by atoms with Crippen molar-refractivity contribution in [2.75, 3.05) is 13.1 Å². The van der Waals surface area contributed by atoms with Gasteiger partial charge < -0.3 is 4.90 Å². The highest BCUT2D eigenvalue weighted by molar-refractivity contribution is 5.96. The van der Waals surface area contributed by atoms with E-state index in [-0.39, 0.29) is 18.0 Å². The first-order valence-corrected chi connectivity index (χ1v) is 8.60. The van der Waals surface area contributed by atoms with E-state index >= 15 is 0 Å². The molecule has 130 valence electrons. The number of carbonyl (C=O) groups excluding carboxylic acids is 1. The number of fused-ring (bicyclic) bond motifs is 1. The van der Waals surface area contributed by atoms with Crippen molar-refractivity contribution in [3.8, 4) is 0 Å². The summed E-state index contributed by atoms with van der Waals surface area (Å²) in [5.41, 5.74) is 1.42. The highest BCUT2D eigenvalue weighted by Crippen LogP contribution is 2.23. The van der Waals surface area contributed by atoms with E-state index in [1.807, 2.05) is 20.3 Å². The lowest BCUT2D eigenvalue weighted by Crippen LogP contribution is -2.40. The Kier molecular flexibility index (Phi) is 3.95. The van der Waals surface area contributed by atoms with Gasteiger partial charge in [-0.3, -0.25) is 4.79 Å². The minimum Gasteiger partial charge on any atom is -0.336 e. The summed E-state index contributed by atoms with van der Waals surface area (Å²) in [5, 5.41) is 9.47. The van der Waals surface area contributed by atoms with E-state index < -0.39 is 0 Å². The van der Waals surface area contributed by atoms with E-state index in [0.29, 0.717) is 12.1 Å². The Morgan fingerprint density at radius 3 is 2.92 bits per heavy atom. The number of likely N-dealkylation sites (tertiary alicyclic amines) is 1. The Morgan fingerprint density at radius 2 is 2.16 bits per heavy atom. The minimum atomic E-state index is 0.0107. The van der Waals surface area contributed by atoms with E-state index in [0.717, 1.165) is 30.4 Å². The first-order valence-electron chi connectivity index (χ1n) is 8.60. The molecular formula is C17H21N7O. The monoisotopic (exact) mass is 339 g/mol. The quantitative estimate of drug-likeness (QED) is 0.730. The maximum Gasteiger partial charge on any atom is 0.255 e. The number of aromatic nitrogens is 6. The average molecular weight is 339 g/mol. The van der Waals surface area contributed by atoms with E-state index in [4.69, 9.17) is 0 Å². The fourth-order valence-electron chi connectivity index (χ4n) is 3.38. The van der Waals surface area contributed by atoms with Crippen molar-refractivity contribution >= 4 is 16.9 Å². The van der Waals surface area contributed by atoms with Crippen molar-refractivity contribution in [2.45, 2.75) is 38.8 Å². The van der Waals surface area contributed by atoms with Gasteiger partial charge in [0.15, 0.2) is 5.65 Å². The van der Waals surface area contributed by atoms with Gasteiger partial charge in [0.1, 0.15) is 12.7 Å². The first kappa shape index (κ1) is 15.7. The Hall–Kier alpha value is -2.77. The van der Waals surface area contributed by atoms with Crippen molar-refractivity contribution in [2.24, 2.45) is 0 Å². The number of piperidine rings is 1. The molecule has 0 radical (unpaired) electrons. The predicted octanol–water partition coefficient (Wildman–Crippen LogP) is 2.08. The van der Waals surface area contributed by atoms with Gasteiger partial charge in [-0.2, -0.15) is 10.2 Å². The van der Waals surface area contributed by atoms with Crippen molar-refractivity contribution < 1.29 is 4.79 Å².